The van der Waals surface area contributed by atoms with Crippen molar-refractivity contribution in [2.24, 2.45) is 0 Å². The van der Waals surface area contributed by atoms with Crippen LogP contribution < -0.4 is 10.2 Å². The lowest BCUT2D eigenvalue weighted by Crippen LogP contribution is -2.49. The zero-order valence-electron chi connectivity index (χ0n) is 14.0. The van der Waals surface area contributed by atoms with Gasteiger partial charge in [-0.15, -0.1) is 0 Å². The van der Waals surface area contributed by atoms with Crippen molar-refractivity contribution in [2.75, 3.05) is 42.9 Å². The van der Waals surface area contributed by atoms with E-state index in [-0.39, 0.29) is 5.91 Å². The monoisotopic (exact) mass is 347 g/mol. The van der Waals surface area contributed by atoms with E-state index in [0.717, 1.165) is 43.3 Å². The fraction of sp³-hybridized carbons (Fsp3) is 0.412. The average molecular weight is 348 g/mol. The van der Waals surface area contributed by atoms with E-state index in [4.69, 9.17) is 11.6 Å². The van der Waals surface area contributed by atoms with Gasteiger partial charge in [0.05, 0.1) is 23.6 Å². The maximum Gasteiger partial charge on any atom is 0.238 e. The summed E-state index contributed by atoms with van der Waals surface area (Å²) in [5.41, 5.74) is 4.09. The lowest BCUT2D eigenvalue weighted by Gasteiger charge is -2.35. The molecule has 1 amide bonds. The standard InChI is InChI=1S/C17H22ClN5O/c1-12-17(13(2)21-20-12)23-9-7-22(8-10-23)11-16(24)19-15-5-3-14(18)4-6-15/h3-6H,7-11H2,1-2H3,(H,19,24)(H,20,21). The molecule has 24 heavy (non-hydrogen) atoms. The SMILES string of the molecule is Cc1n[nH]c(C)c1N1CCN(CC(=O)Nc2ccc(Cl)cc2)CC1. The molecule has 0 unspecified atom stereocenters. The molecule has 1 fully saturated rings. The zero-order valence-corrected chi connectivity index (χ0v) is 14.7. The molecule has 0 atom stereocenters. The number of H-pyrrole nitrogens is 1. The molecule has 1 aromatic carbocycles. The van der Waals surface area contributed by atoms with Crippen molar-refractivity contribution >= 4 is 28.9 Å². The van der Waals surface area contributed by atoms with Crippen LogP contribution in [0.25, 0.3) is 0 Å². The Kier molecular flexibility index (Phi) is 5.06. The highest BCUT2D eigenvalue weighted by Crippen LogP contribution is 2.23. The summed E-state index contributed by atoms with van der Waals surface area (Å²) in [5.74, 6) is 0.00134. The second kappa shape index (κ2) is 7.23. The highest BCUT2D eigenvalue weighted by molar-refractivity contribution is 6.30. The number of benzene rings is 1. The first-order valence-electron chi connectivity index (χ1n) is 8.07. The Balaban J connectivity index is 1.50. The smallest absolute Gasteiger partial charge is 0.238 e. The number of piperazine rings is 1. The Labute approximate surface area is 146 Å². The van der Waals surface area contributed by atoms with Crippen molar-refractivity contribution in [1.82, 2.24) is 15.1 Å². The molecule has 2 N–H and O–H groups in total. The molecule has 0 bridgehead atoms. The largest absolute Gasteiger partial charge is 0.366 e. The molecular weight excluding hydrogens is 326 g/mol. The molecule has 0 radical (unpaired) electrons. The van der Waals surface area contributed by atoms with E-state index in [2.05, 4.69) is 25.3 Å². The fourth-order valence-corrected chi connectivity index (χ4v) is 3.20. The van der Waals surface area contributed by atoms with Crippen LogP contribution >= 0.6 is 11.6 Å². The van der Waals surface area contributed by atoms with Crippen LogP contribution in [0.5, 0.6) is 0 Å². The summed E-state index contributed by atoms with van der Waals surface area (Å²) < 4.78 is 0. The number of rotatable bonds is 4. The third-order valence-corrected chi connectivity index (χ3v) is 4.52. The fourth-order valence-electron chi connectivity index (χ4n) is 3.08. The lowest BCUT2D eigenvalue weighted by atomic mass is 10.2. The normalized spacial score (nSPS) is 15.5. The van der Waals surface area contributed by atoms with Crippen LogP contribution in [0, 0.1) is 13.8 Å². The quantitative estimate of drug-likeness (QED) is 0.891. The Morgan fingerprint density at radius 2 is 1.88 bits per heavy atom. The van der Waals surface area contributed by atoms with Crippen LogP contribution in [-0.4, -0.2) is 53.7 Å². The summed E-state index contributed by atoms with van der Waals surface area (Å²) in [4.78, 5) is 16.7. The minimum atomic E-state index is 0.00134. The van der Waals surface area contributed by atoms with Crippen LogP contribution in [0.4, 0.5) is 11.4 Å². The Bertz CT molecular complexity index is 685. The molecule has 0 spiro atoms. The van der Waals surface area contributed by atoms with E-state index in [1.165, 1.54) is 5.69 Å². The van der Waals surface area contributed by atoms with Gasteiger partial charge in [-0.1, -0.05) is 11.6 Å². The average Bonchev–Trinajstić information content (AvgIpc) is 2.89. The molecule has 128 valence electrons. The number of nitrogens with one attached hydrogen (secondary N) is 2. The van der Waals surface area contributed by atoms with Crippen LogP contribution in [0.3, 0.4) is 0 Å². The van der Waals surface area contributed by atoms with Gasteiger partial charge in [-0.3, -0.25) is 14.8 Å². The molecule has 1 saturated heterocycles. The summed E-state index contributed by atoms with van der Waals surface area (Å²) in [6, 6.07) is 7.16. The van der Waals surface area contributed by atoms with Gasteiger partial charge < -0.3 is 10.2 Å². The predicted octanol–water partition coefficient (Wildman–Crippen LogP) is 2.44. The van der Waals surface area contributed by atoms with Gasteiger partial charge in [-0.25, -0.2) is 0 Å². The summed E-state index contributed by atoms with van der Waals surface area (Å²) in [6.07, 6.45) is 0. The van der Waals surface area contributed by atoms with Crippen molar-refractivity contribution < 1.29 is 4.79 Å². The predicted molar refractivity (Wildman–Crippen MR) is 96.8 cm³/mol. The van der Waals surface area contributed by atoms with E-state index >= 15 is 0 Å². The lowest BCUT2D eigenvalue weighted by molar-refractivity contribution is -0.117. The summed E-state index contributed by atoms with van der Waals surface area (Å²) >= 11 is 5.85. The minimum Gasteiger partial charge on any atom is -0.366 e. The summed E-state index contributed by atoms with van der Waals surface area (Å²) in [5, 5.41) is 10.9. The van der Waals surface area contributed by atoms with Crippen LogP contribution in [0.15, 0.2) is 24.3 Å². The number of anilines is 2. The van der Waals surface area contributed by atoms with E-state index in [0.29, 0.717) is 11.6 Å². The molecule has 0 saturated carbocycles. The second-order valence-electron chi connectivity index (χ2n) is 6.10. The highest BCUT2D eigenvalue weighted by Gasteiger charge is 2.22. The molecule has 1 aliphatic heterocycles. The number of carbonyl (C=O) groups excluding carboxylic acids is 1. The highest BCUT2D eigenvalue weighted by atomic mass is 35.5. The molecule has 0 aliphatic carbocycles. The van der Waals surface area contributed by atoms with Gasteiger partial charge in [0.25, 0.3) is 0 Å². The number of hydrogen-bond donors (Lipinski definition) is 2. The Morgan fingerprint density at radius 3 is 2.46 bits per heavy atom. The molecule has 3 rings (SSSR count). The molecule has 6 nitrogen and oxygen atoms in total. The number of aromatic nitrogens is 2. The molecule has 2 aromatic rings. The van der Waals surface area contributed by atoms with Gasteiger partial charge in [0.15, 0.2) is 0 Å². The molecule has 1 aliphatic rings. The number of aromatic amines is 1. The number of halogens is 1. The van der Waals surface area contributed by atoms with Crippen molar-refractivity contribution in [3.63, 3.8) is 0 Å². The number of aryl methyl sites for hydroxylation is 2. The van der Waals surface area contributed by atoms with Crippen molar-refractivity contribution in [1.29, 1.82) is 0 Å². The Hall–Kier alpha value is -2.05. The van der Waals surface area contributed by atoms with Gasteiger partial charge >= 0.3 is 0 Å². The maximum absolute atomic E-state index is 12.2. The third kappa shape index (κ3) is 3.88. The topological polar surface area (TPSA) is 64.3 Å². The molecular formula is C17H22ClN5O. The molecule has 2 heterocycles. The van der Waals surface area contributed by atoms with Crippen LogP contribution in [0.1, 0.15) is 11.4 Å². The van der Waals surface area contributed by atoms with Gasteiger partial charge in [0.2, 0.25) is 5.91 Å². The maximum atomic E-state index is 12.2. The first-order chi connectivity index (χ1) is 11.5. The van der Waals surface area contributed by atoms with Crippen molar-refractivity contribution in [2.45, 2.75) is 13.8 Å². The van der Waals surface area contributed by atoms with Gasteiger partial charge in [-0.05, 0) is 38.1 Å². The third-order valence-electron chi connectivity index (χ3n) is 4.27. The van der Waals surface area contributed by atoms with Gasteiger partial charge in [0.1, 0.15) is 0 Å². The van der Waals surface area contributed by atoms with Crippen LogP contribution in [0.2, 0.25) is 5.02 Å². The van der Waals surface area contributed by atoms with E-state index < -0.39 is 0 Å². The number of carbonyl (C=O) groups is 1. The molecule has 7 heteroatoms. The second-order valence-corrected chi connectivity index (χ2v) is 6.54. The van der Waals surface area contributed by atoms with Crippen molar-refractivity contribution in [3.8, 4) is 0 Å². The number of nitrogens with zero attached hydrogens (tertiary/aromatic N) is 3. The van der Waals surface area contributed by atoms with Gasteiger partial charge in [-0.2, -0.15) is 5.10 Å². The van der Waals surface area contributed by atoms with Gasteiger partial charge in [0, 0.05) is 36.9 Å². The van der Waals surface area contributed by atoms with Crippen molar-refractivity contribution in [3.05, 3.63) is 40.7 Å². The van der Waals surface area contributed by atoms with Crippen LogP contribution in [-0.2, 0) is 4.79 Å². The Morgan fingerprint density at radius 1 is 1.21 bits per heavy atom. The molecule has 1 aromatic heterocycles. The minimum absolute atomic E-state index is 0.00134. The number of hydrogen-bond acceptors (Lipinski definition) is 4. The van der Waals surface area contributed by atoms with E-state index in [1.54, 1.807) is 12.1 Å². The van der Waals surface area contributed by atoms with E-state index in [9.17, 15) is 4.79 Å². The summed E-state index contributed by atoms with van der Waals surface area (Å²) in [6.45, 7) is 7.98. The zero-order chi connectivity index (χ0) is 17.1. The number of amides is 1. The first kappa shape index (κ1) is 16.8. The first-order valence-corrected chi connectivity index (χ1v) is 8.45. The summed E-state index contributed by atoms with van der Waals surface area (Å²) in [7, 11) is 0. The van der Waals surface area contributed by atoms with E-state index in [1.807, 2.05) is 26.0 Å².